The zero-order chi connectivity index (χ0) is 18.5. The van der Waals surface area contributed by atoms with E-state index >= 15 is 0 Å². The van der Waals surface area contributed by atoms with E-state index in [1.165, 1.54) is 12.1 Å². The van der Waals surface area contributed by atoms with Gasteiger partial charge in [-0.05, 0) is 24.6 Å². The summed E-state index contributed by atoms with van der Waals surface area (Å²) in [5, 5.41) is 13.1. The Morgan fingerprint density at radius 2 is 2.08 bits per heavy atom. The number of pyridine rings is 1. The van der Waals surface area contributed by atoms with Crippen molar-refractivity contribution in [2.75, 3.05) is 11.9 Å². The number of benzene rings is 1. The maximum atomic E-state index is 13.7. The fourth-order valence-corrected chi connectivity index (χ4v) is 2.52. The van der Waals surface area contributed by atoms with Crippen LogP contribution in [-0.2, 0) is 6.42 Å². The third kappa shape index (κ3) is 4.12. The Bertz CT molecular complexity index is 941. The van der Waals surface area contributed by atoms with Gasteiger partial charge in [-0.25, -0.2) is 14.4 Å². The predicted molar refractivity (Wildman–Crippen MR) is 97.3 cm³/mol. The maximum Gasteiger partial charge on any atom is 0.251 e. The molecule has 0 spiro atoms. The minimum absolute atomic E-state index is 0.119. The summed E-state index contributed by atoms with van der Waals surface area (Å²) in [5.41, 5.74) is 1.41. The van der Waals surface area contributed by atoms with Gasteiger partial charge in [-0.15, -0.1) is 0 Å². The van der Waals surface area contributed by atoms with Crippen LogP contribution in [0.1, 0.15) is 24.3 Å². The Morgan fingerprint density at radius 3 is 2.77 bits per heavy atom. The fraction of sp³-hybridized carbons (Fsp3) is 0.211. The van der Waals surface area contributed by atoms with Gasteiger partial charge < -0.3 is 15.4 Å². The van der Waals surface area contributed by atoms with Crippen LogP contribution >= 0.6 is 0 Å². The Morgan fingerprint density at radius 1 is 1.27 bits per heavy atom. The lowest BCUT2D eigenvalue weighted by atomic mass is 10.1. The Balaban J connectivity index is 1.69. The molecule has 0 amide bonds. The lowest BCUT2D eigenvalue weighted by molar-refractivity contribution is 0.186. The molecule has 3 rings (SSSR count). The Labute approximate surface area is 149 Å². The van der Waals surface area contributed by atoms with E-state index < -0.39 is 11.9 Å². The molecule has 2 heterocycles. The number of halogens is 1. The Hall–Kier alpha value is -3.06. The van der Waals surface area contributed by atoms with Crippen molar-refractivity contribution in [3.8, 4) is 11.4 Å². The van der Waals surface area contributed by atoms with E-state index in [2.05, 4.69) is 20.3 Å². The number of aliphatic hydroxyl groups is 1. The molecule has 1 unspecified atom stereocenters. The van der Waals surface area contributed by atoms with Crippen LogP contribution in [0, 0.1) is 5.82 Å². The first-order valence-electron chi connectivity index (χ1n) is 8.30. The van der Waals surface area contributed by atoms with E-state index in [9.17, 15) is 14.3 Å². The van der Waals surface area contributed by atoms with Gasteiger partial charge in [0, 0.05) is 35.6 Å². The fourth-order valence-electron chi connectivity index (χ4n) is 2.52. The van der Waals surface area contributed by atoms with Crippen LogP contribution in [0.3, 0.4) is 0 Å². The predicted octanol–water partition coefficient (Wildman–Crippen LogP) is 2.68. The minimum Gasteiger partial charge on any atom is -0.386 e. The summed E-state index contributed by atoms with van der Waals surface area (Å²) < 4.78 is 13.7. The zero-order valence-electron chi connectivity index (χ0n) is 14.2. The van der Waals surface area contributed by atoms with Crippen molar-refractivity contribution in [1.29, 1.82) is 0 Å². The number of nitrogens with zero attached hydrogens (tertiary/aromatic N) is 2. The normalized spacial score (nSPS) is 12.0. The number of aromatic nitrogens is 3. The van der Waals surface area contributed by atoms with Crippen molar-refractivity contribution in [3.05, 3.63) is 76.1 Å². The molecule has 0 saturated carbocycles. The van der Waals surface area contributed by atoms with E-state index in [1.807, 2.05) is 6.92 Å². The Kier molecular flexibility index (Phi) is 5.38. The third-order valence-electron chi connectivity index (χ3n) is 3.93. The van der Waals surface area contributed by atoms with Gasteiger partial charge in [-0.3, -0.25) is 4.79 Å². The lowest BCUT2D eigenvalue weighted by Gasteiger charge is -2.13. The molecule has 0 bridgehead atoms. The van der Waals surface area contributed by atoms with E-state index in [-0.39, 0.29) is 17.7 Å². The summed E-state index contributed by atoms with van der Waals surface area (Å²) in [4.78, 5) is 23.0. The topological polar surface area (TPSA) is 90.9 Å². The molecule has 1 atom stereocenters. The van der Waals surface area contributed by atoms with Gasteiger partial charge in [-0.2, -0.15) is 0 Å². The molecule has 134 valence electrons. The number of hydrogen-bond acceptors (Lipinski definition) is 5. The van der Waals surface area contributed by atoms with Crippen molar-refractivity contribution in [3.63, 3.8) is 0 Å². The molecular weight excluding hydrogens is 335 g/mol. The average molecular weight is 354 g/mol. The SMILES string of the molecule is CCc1cc(=O)[nH]c(-c2ccc(NCC(O)c3ccccc3F)nc2)n1. The molecule has 3 aromatic rings. The molecule has 1 aromatic carbocycles. The van der Waals surface area contributed by atoms with Crippen LogP contribution in [0.2, 0.25) is 0 Å². The van der Waals surface area contributed by atoms with Crippen LogP contribution in [0.5, 0.6) is 0 Å². The number of aromatic amines is 1. The number of H-pyrrole nitrogens is 1. The van der Waals surface area contributed by atoms with E-state index in [1.54, 1.807) is 36.5 Å². The summed E-state index contributed by atoms with van der Waals surface area (Å²) in [5.74, 6) is 0.536. The van der Waals surface area contributed by atoms with Gasteiger partial charge >= 0.3 is 0 Å². The van der Waals surface area contributed by atoms with Crippen molar-refractivity contribution >= 4 is 5.82 Å². The summed E-state index contributed by atoms with van der Waals surface area (Å²) in [6, 6.07) is 11.0. The van der Waals surface area contributed by atoms with Gasteiger partial charge in [0.1, 0.15) is 17.5 Å². The first-order valence-corrected chi connectivity index (χ1v) is 8.30. The minimum atomic E-state index is -0.989. The molecule has 0 aliphatic rings. The zero-order valence-corrected chi connectivity index (χ0v) is 14.2. The molecule has 2 aromatic heterocycles. The lowest BCUT2D eigenvalue weighted by Crippen LogP contribution is -2.14. The molecular formula is C19H19FN4O2. The van der Waals surface area contributed by atoms with E-state index in [0.717, 1.165) is 0 Å². The number of anilines is 1. The number of aliphatic hydroxyl groups excluding tert-OH is 1. The van der Waals surface area contributed by atoms with Crippen molar-refractivity contribution in [2.24, 2.45) is 0 Å². The van der Waals surface area contributed by atoms with Crippen LogP contribution in [0.15, 0.2) is 53.5 Å². The molecule has 0 aliphatic carbocycles. The smallest absolute Gasteiger partial charge is 0.251 e. The van der Waals surface area contributed by atoms with Gasteiger partial charge in [0.05, 0.1) is 6.10 Å². The second kappa shape index (κ2) is 7.88. The number of rotatable bonds is 6. The van der Waals surface area contributed by atoms with Gasteiger partial charge in [-0.1, -0.05) is 25.1 Å². The summed E-state index contributed by atoms with van der Waals surface area (Å²) in [6.07, 6.45) is 1.25. The monoisotopic (exact) mass is 354 g/mol. The van der Waals surface area contributed by atoms with Gasteiger partial charge in [0.2, 0.25) is 0 Å². The molecule has 7 heteroatoms. The number of nitrogens with one attached hydrogen (secondary N) is 2. The van der Waals surface area contributed by atoms with Crippen LogP contribution in [0.4, 0.5) is 10.2 Å². The van der Waals surface area contributed by atoms with Crippen molar-refractivity contribution in [1.82, 2.24) is 15.0 Å². The van der Waals surface area contributed by atoms with Crippen LogP contribution in [0.25, 0.3) is 11.4 Å². The first-order chi connectivity index (χ1) is 12.6. The molecule has 0 saturated heterocycles. The standard InChI is InChI=1S/C19H19FN4O2/c1-2-13-9-18(26)24-19(23-13)12-7-8-17(21-10-12)22-11-16(25)14-5-3-4-6-15(14)20/h3-10,16,25H,2,11H2,1H3,(H,21,22)(H,23,24,26). The number of aryl methyl sites for hydroxylation is 1. The highest BCUT2D eigenvalue weighted by molar-refractivity contribution is 5.55. The van der Waals surface area contributed by atoms with Crippen LogP contribution < -0.4 is 10.9 Å². The van der Waals surface area contributed by atoms with Crippen LogP contribution in [-0.4, -0.2) is 26.6 Å². The molecule has 0 fully saturated rings. The first kappa shape index (κ1) is 17.8. The average Bonchev–Trinajstić information content (AvgIpc) is 2.66. The second-order valence-electron chi connectivity index (χ2n) is 5.79. The highest BCUT2D eigenvalue weighted by Crippen LogP contribution is 2.18. The highest BCUT2D eigenvalue weighted by Gasteiger charge is 2.12. The molecule has 0 radical (unpaired) electrons. The largest absolute Gasteiger partial charge is 0.386 e. The molecule has 3 N–H and O–H groups in total. The summed E-state index contributed by atoms with van der Waals surface area (Å²) in [7, 11) is 0. The maximum absolute atomic E-state index is 13.7. The van der Waals surface area contributed by atoms with E-state index in [4.69, 9.17) is 0 Å². The summed E-state index contributed by atoms with van der Waals surface area (Å²) in [6.45, 7) is 2.05. The highest BCUT2D eigenvalue weighted by atomic mass is 19.1. The second-order valence-corrected chi connectivity index (χ2v) is 5.79. The van der Waals surface area contributed by atoms with Gasteiger partial charge in [0.15, 0.2) is 0 Å². The molecule has 0 aliphatic heterocycles. The van der Waals surface area contributed by atoms with E-state index in [0.29, 0.717) is 29.3 Å². The van der Waals surface area contributed by atoms with Gasteiger partial charge in [0.25, 0.3) is 5.56 Å². The molecule has 26 heavy (non-hydrogen) atoms. The third-order valence-corrected chi connectivity index (χ3v) is 3.93. The van der Waals surface area contributed by atoms with Crippen molar-refractivity contribution in [2.45, 2.75) is 19.4 Å². The summed E-state index contributed by atoms with van der Waals surface area (Å²) >= 11 is 0. The van der Waals surface area contributed by atoms with Crippen molar-refractivity contribution < 1.29 is 9.50 Å². The molecule has 6 nitrogen and oxygen atoms in total. The quantitative estimate of drug-likeness (QED) is 0.633. The number of hydrogen-bond donors (Lipinski definition) is 3.